The van der Waals surface area contributed by atoms with Gasteiger partial charge in [-0.3, -0.25) is 9.59 Å². The van der Waals surface area contributed by atoms with E-state index in [2.05, 4.69) is 27.9 Å². The summed E-state index contributed by atoms with van der Waals surface area (Å²) in [6, 6.07) is 0. The molecule has 1 aliphatic heterocycles. The Morgan fingerprint density at radius 3 is 2.74 bits per heavy atom. The van der Waals surface area contributed by atoms with E-state index < -0.39 is 0 Å². The molecule has 0 saturated carbocycles. The molecule has 6 nitrogen and oxygen atoms in total. The zero-order chi connectivity index (χ0) is 16.9. The summed E-state index contributed by atoms with van der Waals surface area (Å²) in [5.41, 5.74) is 0.876. The number of carbonyl (C=O) groups excluding carboxylic acids is 2. The number of anilines is 1. The summed E-state index contributed by atoms with van der Waals surface area (Å²) in [6.45, 7) is 8.61. The first kappa shape index (κ1) is 17.9. The number of carbonyl (C=O) groups is 2. The largest absolute Gasteiger partial charge is 0.355 e. The predicted molar refractivity (Wildman–Crippen MR) is 92.5 cm³/mol. The van der Waals surface area contributed by atoms with Crippen LogP contribution in [0.1, 0.15) is 39.3 Å². The standard InChI is InChI=1S/C16H26N4O2S/c1-11(2)14(22)20-15-19-12(9-23-15)8-13(21)18-10-16(3)4-6-17-7-5-16/h9,11,17H,4-8,10H2,1-3H3,(H,18,21)(H,19,20,22). The molecule has 7 heteroatoms. The third-order valence-electron chi connectivity index (χ3n) is 4.17. The molecule has 1 aliphatic rings. The van der Waals surface area contributed by atoms with Crippen molar-refractivity contribution in [2.45, 2.75) is 40.0 Å². The van der Waals surface area contributed by atoms with Crippen molar-refractivity contribution in [3.05, 3.63) is 11.1 Å². The van der Waals surface area contributed by atoms with E-state index in [0.717, 1.165) is 25.9 Å². The number of amides is 2. The van der Waals surface area contributed by atoms with Crippen molar-refractivity contribution in [3.63, 3.8) is 0 Å². The van der Waals surface area contributed by atoms with Gasteiger partial charge in [0.05, 0.1) is 12.1 Å². The summed E-state index contributed by atoms with van der Waals surface area (Å²) in [6.07, 6.45) is 2.41. The summed E-state index contributed by atoms with van der Waals surface area (Å²) in [7, 11) is 0. The van der Waals surface area contributed by atoms with Crippen molar-refractivity contribution < 1.29 is 9.59 Å². The number of nitrogens with zero attached hydrogens (tertiary/aromatic N) is 1. The molecule has 128 valence electrons. The van der Waals surface area contributed by atoms with Crippen LogP contribution in [0.3, 0.4) is 0 Å². The second-order valence-corrected chi connectivity index (χ2v) is 7.66. The van der Waals surface area contributed by atoms with Gasteiger partial charge in [-0.05, 0) is 31.3 Å². The number of hydrogen-bond donors (Lipinski definition) is 3. The second-order valence-electron chi connectivity index (χ2n) is 6.80. The molecule has 2 amide bonds. The molecule has 0 atom stereocenters. The zero-order valence-electron chi connectivity index (χ0n) is 14.1. The minimum atomic E-state index is -0.0867. The van der Waals surface area contributed by atoms with Crippen LogP contribution in [0.25, 0.3) is 0 Å². The number of hydrogen-bond acceptors (Lipinski definition) is 5. The van der Waals surface area contributed by atoms with E-state index in [1.807, 2.05) is 19.2 Å². The van der Waals surface area contributed by atoms with Gasteiger partial charge >= 0.3 is 0 Å². The van der Waals surface area contributed by atoms with Crippen LogP contribution in [-0.4, -0.2) is 36.4 Å². The number of aromatic nitrogens is 1. The zero-order valence-corrected chi connectivity index (χ0v) is 14.9. The molecule has 1 fully saturated rings. The Labute approximate surface area is 141 Å². The summed E-state index contributed by atoms with van der Waals surface area (Å²) >= 11 is 1.35. The lowest BCUT2D eigenvalue weighted by atomic mass is 9.81. The van der Waals surface area contributed by atoms with Crippen molar-refractivity contribution in [1.29, 1.82) is 0 Å². The quantitative estimate of drug-likeness (QED) is 0.738. The highest BCUT2D eigenvalue weighted by Gasteiger charge is 2.27. The van der Waals surface area contributed by atoms with Crippen molar-refractivity contribution in [2.75, 3.05) is 25.0 Å². The molecule has 0 radical (unpaired) electrons. The summed E-state index contributed by atoms with van der Waals surface area (Å²) in [5.74, 6) is -0.164. The van der Waals surface area contributed by atoms with E-state index in [4.69, 9.17) is 0 Å². The molecule has 1 aromatic heterocycles. The topological polar surface area (TPSA) is 83.1 Å². The first-order chi connectivity index (χ1) is 10.9. The summed E-state index contributed by atoms with van der Waals surface area (Å²) in [4.78, 5) is 28.0. The smallest absolute Gasteiger partial charge is 0.228 e. The second kappa shape index (κ2) is 7.88. The van der Waals surface area contributed by atoms with Crippen molar-refractivity contribution in [3.8, 4) is 0 Å². The highest BCUT2D eigenvalue weighted by atomic mass is 32.1. The minimum absolute atomic E-state index is 0.0169. The third kappa shape index (κ3) is 5.58. The van der Waals surface area contributed by atoms with Gasteiger partial charge in [0.15, 0.2) is 5.13 Å². The van der Waals surface area contributed by atoms with E-state index in [9.17, 15) is 9.59 Å². The van der Waals surface area contributed by atoms with Crippen LogP contribution >= 0.6 is 11.3 Å². The van der Waals surface area contributed by atoms with E-state index in [0.29, 0.717) is 17.4 Å². The fourth-order valence-electron chi connectivity index (χ4n) is 2.44. The van der Waals surface area contributed by atoms with Crippen LogP contribution in [0.2, 0.25) is 0 Å². The molecular formula is C16H26N4O2S. The van der Waals surface area contributed by atoms with E-state index in [1.54, 1.807) is 0 Å². The van der Waals surface area contributed by atoms with E-state index >= 15 is 0 Å². The highest BCUT2D eigenvalue weighted by Crippen LogP contribution is 2.26. The molecular weight excluding hydrogens is 312 g/mol. The molecule has 0 aromatic carbocycles. The van der Waals surface area contributed by atoms with Gasteiger partial charge in [-0.1, -0.05) is 20.8 Å². The normalized spacial score (nSPS) is 17.0. The van der Waals surface area contributed by atoms with Gasteiger partial charge in [-0.2, -0.15) is 0 Å². The molecule has 3 N–H and O–H groups in total. The summed E-state index contributed by atoms with van der Waals surface area (Å²) < 4.78 is 0. The van der Waals surface area contributed by atoms with Gasteiger partial charge in [-0.15, -0.1) is 11.3 Å². The Morgan fingerprint density at radius 1 is 1.39 bits per heavy atom. The lowest BCUT2D eigenvalue weighted by Crippen LogP contribution is -2.43. The first-order valence-electron chi connectivity index (χ1n) is 8.11. The molecule has 23 heavy (non-hydrogen) atoms. The maximum Gasteiger partial charge on any atom is 0.228 e. The molecule has 0 unspecified atom stereocenters. The Balaban J connectivity index is 1.79. The molecule has 0 bridgehead atoms. The lowest BCUT2D eigenvalue weighted by Gasteiger charge is -2.34. The van der Waals surface area contributed by atoms with Crippen LogP contribution in [0.15, 0.2) is 5.38 Å². The molecule has 1 aromatic rings. The molecule has 2 rings (SSSR count). The molecule has 1 saturated heterocycles. The van der Waals surface area contributed by atoms with Crippen LogP contribution in [0.4, 0.5) is 5.13 Å². The first-order valence-corrected chi connectivity index (χ1v) is 8.99. The fraction of sp³-hybridized carbons (Fsp3) is 0.688. The van der Waals surface area contributed by atoms with Crippen molar-refractivity contribution >= 4 is 28.3 Å². The number of piperidine rings is 1. The number of thiazole rings is 1. The van der Waals surface area contributed by atoms with Gasteiger partial charge in [0.2, 0.25) is 11.8 Å². The van der Waals surface area contributed by atoms with Gasteiger partial charge in [0.1, 0.15) is 0 Å². The third-order valence-corrected chi connectivity index (χ3v) is 4.98. The maximum atomic E-state index is 12.1. The maximum absolute atomic E-state index is 12.1. The molecule has 2 heterocycles. The van der Waals surface area contributed by atoms with Gasteiger partial charge < -0.3 is 16.0 Å². The van der Waals surface area contributed by atoms with Gasteiger partial charge in [0, 0.05) is 17.8 Å². The molecule has 0 aliphatic carbocycles. The minimum Gasteiger partial charge on any atom is -0.355 e. The van der Waals surface area contributed by atoms with Gasteiger partial charge in [0.25, 0.3) is 0 Å². The number of rotatable bonds is 6. The SMILES string of the molecule is CC(C)C(=O)Nc1nc(CC(=O)NCC2(C)CCNCC2)cs1. The summed E-state index contributed by atoms with van der Waals surface area (Å²) in [5, 5.41) is 11.5. The number of nitrogens with one attached hydrogen (secondary N) is 3. The van der Waals surface area contributed by atoms with Crippen LogP contribution < -0.4 is 16.0 Å². The Hall–Kier alpha value is -1.47. The van der Waals surface area contributed by atoms with E-state index in [1.165, 1.54) is 11.3 Å². The van der Waals surface area contributed by atoms with E-state index in [-0.39, 0.29) is 29.6 Å². The van der Waals surface area contributed by atoms with Crippen LogP contribution in [0.5, 0.6) is 0 Å². The van der Waals surface area contributed by atoms with Gasteiger partial charge in [-0.25, -0.2) is 4.98 Å². The Bertz CT molecular complexity index is 550. The highest BCUT2D eigenvalue weighted by molar-refractivity contribution is 7.13. The van der Waals surface area contributed by atoms with Crippen LogP contribution in [0, 0.1) is 11.3 Å². The van der Waals surface area contributed by atoms with Crippen LogP contribution in [-0.2, 0) is 16.0 Å². The lowest BCUT2D eigenvalue weighted by molar-refractivity contribution is -0.121. The monoisotopic (exact) mass is 338 g/mol. The average Bonchev–Trinajstić information content (AvgIpc) is 2.93. The average molecular weight is 338 g/mol. The van der Waals surface area contributed by atoms with Crippen molar-refractivity contribution in [1.82, 2.24) is 15.6 Å². The molecule has 0 spiro atoms. The van der Waals surface area contributed by atoms with Crippen molar-refractivity contribution in [2.24, 2.45) is 11.3 Å². The Kier molecular flexibility index (Phi) is 6.12. The predicted octanol–water partition coefficient (Wildman–Crippen LogP) is 1.79. The Morgan fingerprint density at radius 2 is 2.09 bits per heavy atom. The fourth-order valence-corrected chi connectivity index (χ4v) is 3.15.